The van der Waals surface area contributed by atoms with Gasteiger partial charge in [-0.25, -0.2) is 0 Å². The predicted octanol–water partition coefficient (Wildman–Crippen LogP) is 4.76. The van der Waals surface area contributed by atoms with E-state index in [1.807, 2.05) is 0 Å². The normalized spacial score (nSPS) is 18.0. The average Bonchev–Trinajstić information content (AvgIpc) is 2.79. The Kier molecular flexibility index (Phi) is 7.99. The molecule has 0 spiro atoms. The van der Waals surface area contributed by atoms with Gasteiger partial charge in [-0.1, -0.05) is 29.3 Å². The third kappa shape index (κ3) is 5.93. The number of carbonyl (C=O) groups excluding carboxylic acids is 2. The van der Waals surface area contributed by atoms with Crippen molar-refractivity contribution in [1.82, 2.24) is 5.32 Å². The van der Waals surface area contributed by atoms with E-state index >= 15 is 0 Å². The number of hydrogen-bond acceptors (Lipinski definition) is 4. The van der Waals surface area contributed by atoms with E-state index in [1.54, 1.807) is 30.3 Å². The van der Waals surface area contributed by atoms with Crippen LogP contribution in [0.25, 0.3) is 0 Å². The third-order valence-electron chi connectivity index (χ3n) is 5.60. The highest BCUT2D eigenvalue weighted by molar-refractivity contribution is 6.32. The average molecular weight is 479 g/mol. The third-order valence-corrected chi connectivity index (χ3v) is 6.15. The van der Waals surface area contributed by atoms with Gasteiger partial charge < -0.3 is 20.5 Å². The Morgan fingerprint density at radius 2 is 1.72 bits per heavy atom. The van der Waals surface area contributed by atoms with Gasteiger partial charge in [0.05, 0.1) is 29.3 Å². The molecule has 0 bridgehead atoms. The van der Waals surface area contributed by atoms with E-state index in [1.165, 1.54) is 13.2 Å². The van der Waals surface area contributed by atoms with E-state index in [-0.39, 0.29) is 23.9 Å². The summed E-state index contributed by atoms with van der Waals surface area (Å²) in [6.07, 6.45) is 1.92. The Bertz CT molecular complexity index is 1020. The molecule has 0 radical (unpaired) electrons. The van der Waals surface area contributed by atoms with Gasteiger partial charge in [0.1, 0.15) is 5.75 Å². The molecule has 32 heavy (non-hydrogen) atoms. The minimum Gasteiger partial charge on any atom is -0.495 e. The molecule has 3 rings (SSSR count). The molecule has 1 aliphatic carbocycles. The van der Waals surface area contributed by atoms with Crippen LogP contribution in [-0.4, -0.2) is 30.0 Å². The van der Waals surface area contributed by atoms with Crippen molar-refractivity contribution in [2.75, 3.05) is 12.4 Å². The van der Waals surface area contributed by atoms with Gasteiger partial charge in [0, 0.05) is 17.5 Å². The van der Waals surface area contributed by atoms with Crippen LogP contribution in [0, 0.1) is 11.8 Å². The van der Waals surface area contributed by atoms with Crippen LogP contribution in [0.5, 0.6) is 5.75 Å². The van der Waals surface area contributed by atoms with Gasteiger partial charge >= 0.3 is 5.97 Å². The molecule has 1 saturated carbocycles. The second-order valence-electron chi connectivity index (χ2n) is 7.72. The van der Waals surface area contributed by atoms with Crippen molar-refractivity contribution in [3.8, 4) is 5.75 Å². The lowest BCUT2D eigenvalue weighted by Gasteiger charge is -2.25. The van der Waals surface area contributed by atoms with Gasteiger partial charge in [-0.05, 0) is 61.6 Å². The van der Waals surface area contributed by atoms with E-state index in [4.69, 9.17) is 33.0 Å². The van der Waals surface area contributed by atoms with Crippen molar-refractivity contribution < 1.29 is 24.2 Å². The topological polar surface area (TPSA) is 105 Å². The lowest BCUT2D eigenvalue weighted by molar-refractivity contribution is -0.143. The van der Waals surface area contributed by atoms with Crippen LogP contribution in [-0.2, 0) is 16.1 Å². The molecule has 2 amide bonds. The van der Waals surface area contributed by atoms with E-state index < -0.39 is 17.8 Å². The number of benzene rings is 2. The molecule has 170 valence electrons. The molecule has 9 heteroatoms. The fourth-order valence-electron chi connectivity index (χ4n) is 3.74. The number of halogens is 2. The Hall–Kier alpha value is -2.77. The van der Waals surface area contributed by atoms with E-state index in [9.17, 15) is 14.4 Å². The van der Waals surface area contributed by atoms with Crippen LogP contribution in [0.1, 0.15) is 41.6 Å². The largest absolute Gasteiger partial charge is 0.495 e. The van der Waals surface area contributed by atoms with Crippen molar-refractivity contribution in [2.45, 2.75) is 32.2 Å². The first-order valence-corrected chi connectivity index (χ1v) is 11.0. The van der Waals surface area contributed by atoms with Gasteiger partial charge in [-0.3, -0.25) is 14.4 Å². The van der Waals surface area contributed by atoms with E-state index in [0.29, 0.717) is 47.2 Å². The summed E-state index contributed by atoms with van der Waals surface area (Å²) in [5, 5.41) is 15.6. The van der Waals surface area contributed by atoms with Crippen molar-refractivity contribution in [2.24, 2.45) is 11.8 Å². The first-order valence-electron chi connectivity index (χ1n) is 10.2. The number of carboxylic acid groups (broad SMARTS) is 1. The maximum absolute atomic E-state index is 12.8. The summed E-state index contributed by atoms with van der Waals surface area (Å²) in [5.74, 6) is -1.63. The lowest BCUT2D eigenvalue weighted by Crippen LogP contribution is -2.30. The SMILES string of the molecule is COc1cc(CNC(=O)c2cc(Cl)ccc2NC(=O)C2CCC(C(=O)O)CC2)ccc1Cl. The maximum Gasteiger partial charge on any atom is 0.306 e. The maximum atomic E-state index is 12.8. The van der Waals surface area contributed by atoms with Crippen molar-refractivity contribution >= 4 is 46.7 Å². The molecule has 2 aromatic rings. The fourth-order valence-corrected chi connectivity index (χ4v) is 4.11. The number of aliphatic carboxylic acids is 1. The highest BCUT2D eigenvalue weighted by Crippen LogP contribution is 2.31. The monoisotopic (exact) mass is 478 g/mol. The molecule has 0 unspecified atom stereocenters. The van der Waals surface area contributed by atoms with Gasteiger partial charge in [-0.2, -0.15) is 0 Å². The molecular weight excluding hydrogens is 455 g/mol. The first-order chi connectivity index (χ1) is 15.3. The summed E-state index contributed by atoms with van der Waals surface area (Å²) < 4.78 is 5.19. The molecule has 0 saturated heterocycles. The lowest BCUT2D eigenvalue weighted by atomic mass is 9.81. The number of nitrogens with one attached hydrogen (secondary N) is 2. The molecule has 0 aromatic heterocycles. The molecule has 1 fully saturated rings. The fraction of sp³-hybridized carbons (Fsp3) is 0.348. The summed E-state index contributed by atoms with van der Waals surface area (Å²) in [4.78, 5) is 36.7. The molecule has 0 aliphatic heterocycles. The number of carboxylic acids is 1. The predicted molar refractivity (Wildman–Crippen MR) is 122 cm³/mol. The summed E-state index contributed by atoms with van der Waals surface area (Å²) in [5.41, 5.74) is 1.39. The van der Waals surface area contributed by atoms with Crippen LogP contribution < -0.4 is 15.4 Å². The smallest absolute Gasteiger partial charge is 0.306 e. The van der Waals surface area contributed by atoms with Crippen LogP contribution in [0.4, 0.5) is 5.69 Å². The summed E-state index contributed by atoms with van der Waals surface area (Å²) in [6.45, 7) is 0.228. The Labute approximate surface area is 196 Å². The number of carbonyl (C=O) groups is 3. The van der Waals surface area contributed by atoms with Crippen molar-refractivity contribution in [3.05, 3.63) is 57.6 Å². The number of ether oxygens (including phenoxy) is 1. The number of anilines is 1. The number of hydrogen-bond donors (Lipinski definition) is 3. The van der Waals surface area contributed by atoms with Crippen LogP contribution in [0.2, 0.25) is 10.0 Å². The highest BCUT2D eigenvalue weighted by atomic mass is 35.5. The standard InChI is InChI=1S/C23H24Cl2N2O5/c1-32-20-10-13(2-8-18(20)25)12-26-22(29)17-11-16(24)7-9-19(17)27-21(28)14-3-5-15(6-4-14)23(30)31/h2,7-11,14-15H,3-6,12H2,1H3,(H,26,29)(H,27,28)(H,30,31). The molecule has 1 aliphatic rings. The zero-order chi connectivity index (χ0) is 23.3. The molecular formula is C23H24Cl2N2O5. The number of methoxy groups -OCH3 is 1. The second kappa shape index (κ2) is 10.7. The zero-order valence-corrected chi connectivity index (χ0v) is 19.0. The highest BCUT2D eigenvalue weighted by Gasteiger charge is 2.30. The van der Waals surface area contributed by atoms with Gasteiger partial charge in [-0.15, -0.1) is 0 Å². The molecule has 0 atom stereocenters. The summed E-state index contributed by atoms with van der Waals surface area (Å²) in [6, 6.07) is 9.88. The quantitative estimate of drug-likeness (QED) is 0.531. The molecule has 7 nitrogen and oxygen atoms in total. The van der Waals surface area contributed by atoms with Crippen molar-refractivity contribution in [1.29, 1.82) is 0 Å². The minimum absolute atomic E-state index is 0.228. The van der Waals surface area contributed by atoms with Gasteiger partial charge in [0.15, 0.2) is 0 Å². The number of rotatable bonds is 7. The van der Waals surface area contributed by atoms with Gasteiger partial charge in [0.25, 0.3) is 5.91 Å². The molecule has 2 aromatic carbocycles. The van der Waals surface area contributed by atoms with E-state index in [0.717, 1.165) is 5.56 Å². The number of amides is 2. The molecule has 0 heterocycles. The Morgan fingerprint density at radius 1 is 1.03 bits per heavy atom. The van der Waals surface area contributed by atoms with Crippen LogP contribution >= 0.6 is 23.2 Å². The Morgan fingerprint density at radius 3 is 2.38 bits per heavy atom. The minimum atomic E-state index is -0.821. The summed E-state index contributed by atoms with van der Waals surface area (Å²) >= 11 is 12.1. The van der Waals surface area contributed by atoms with Crippen LogP contribution in [0.3, 0.4) is 0 Å². The first kappa shape index (κ1) is 23.9. The van der Waals surface area contributed by atoms with E-state index in [2.05, 4.69) is 10.6 Å². The summed E-state index contributed by atoms with van der Waals surface area (Å²) in [7, 11) is 1.51. The molecule has 3 N–H and O–H groups in total. The van der Waals surface area contributed by atoms with Crippen LogP contribution in [0.15, 0.2) is 36.4 Å². The van der Waals surface area contributed by atoms with Crippen molar-refractivity contribution in [3.63, 3.8) is 0 Å². The zero-order valence-electron chi connectivity index (χ0n) is 17.5. The van der Waals surface area contributed by atoms with Gasteiger partial charge in [0.2, 0.25) is 5.91 Å². The second-order valence-corrected chi connectivity index (χ2v) is 8.56. The Balaban J connectivity index is 1.67.